The van der Waals surface area contributed by atoms with Crippen molar-refractivity contribution in [3.8, 4) is 5.75 Å². The zero-order valence-corrected chi connectivity index (χ0v) is 12.5. The van der Waals surface area contributed by atoms with Gasteiger partial charge in [-0.05, 0) is 24.6 Å². The van der Waals surface area contributed by atoms with Gasteiger partial charge in [-0.3, -0.25) is 14.9 Å². The maximum atomic E-state index is 12.1. The van der Waals surface area contributed by atoms with Crippen LogP contribution in [0.2, 0.25) is 0 Å². The number of benzene rings is 2. The van der Waals surface area contributed by atoms with Gasteiger partial charge in [-0.2, -0.15) is 0 Å². The van der Waals surface area contributed by atoms with Crippen LogP contribution in [0.4, 0.5) is 11.4 Å². The molecule has 0 aliphatic carbocycles. The van der Waals surface area contributed by atoms with Gasteiger partial charge in [0.05, 0.1) is 4.92 Å². The van der Waals surface area contributed by atoms with Crippen LogP contribution in [-0.2, 0) is 0 Å². The molecule has 0 aromatic heterocycles. The summed E-state index contributed by atoms with van der Waals surface area (Å²) in [5.74, 6) is -0.435. The Morgan fingerprint density at radius 1 is 1.29 bits per heavy atom. The lowest BCUT2D eigenvalue weighted by Crippen LogP contribution is -2.12. The fourth-order valence-electron chi connectivity index (χ4n) is 1.70. The number of anilines is 1. The summed E-state index contributed by atoms with van der Waals surface area (Å²) >= 11 is 3.13. The minimum absolute atomic E-state index is 0.0630. The van der Waals surface area contributed by atoms with Gasteiger partial charge in [0.25, 0.3) is 11.6 Å². The van der Waals surface area contributed by atoms with E-state index in [-0.39, 0.29) is 17.0 Å². The van der Waals surface area contributed by atoms with Gasteiger partial charge in [0.2, 0.25) is 0 Å². The molecule has 0 aliphatic rings. The third kappa shape index (κ3) is 3.57. The van der Waals surface area contributed by atoms with Gasteiger partial charge in [-0.15, -0.1) is 0 Å². The van der Waals surface area contributed by atoms with Crippen LogP contribution >= 0.6 is 15.9 Å². The van der Waals surface area contributed by atoms with E-state index in [1.54, 1.807) is 19.1 Å². The van der Waals surface area contributed by atoms with E-state index in [1.165, 1.54) is 24.3 Å². The Bertz CT molecular complexity index is 731. The predicted octanol–water partition coefficient (Wildman–Crippen LogP) is 3.62. The number of carbonyl (C=O) groups is 1. The average molecular weight is 351 g/mol. The molecule has 0 radical (unpaired) electrons. The second-order valence-electron chi connectivity index (χ2n) is 4.41. The molecule has 2 rings (SSSR count). The predicted molar refractivity (Wildman–Crippen MR) is 81.6 cm³/mol. The van der Waals surface area contributed by atoms with Crippen LogP contribution in [0.3, 0.4) is 0 Å². The number of aryl methyl sites for hydroxylation is 1. The molecule has 0 spiro atoms. The van der Waals surface area contributed by atoms with Gasteiger partial charge in [0, 0.05) is 33.9 Å². The number of hydrogen-bond acceptors (Lipinski definition) is 4. The highest BCUT2D eigenvalue weighted by Gasteiger charge is 2.14. The number of non-ortho nitro benzene ring substituents is 1. The molecule has 0 unspecified atom stereocenters. The van der Waals surface area contributed by atoms with Crippen LogP contribution in [0.25, 0.3) is 0 Å². The number of aromatic hydroxyl groups is 1. The monoisotopic (exact) mass is 350 g/mol. The zero-order chi connectivity index (χ0) is 15.6. The number of nitrogens with one attached hydrogen (secondary N) is 1. The molecule has 6 nitrogen and oxygen atoms in total. The molecule has 7 heteroatoms. The number of amides is 1. The summed E-state index contributed by atoms with van der Waals surface area (Å²) in [6.07, 6.45) is 0. The first-order valence-corrected chi connectivity index (χ1v) is 6.72. The Morgan fingerprint density at radius 2 is 2.00 bits per heavy atom. The summed E-state index contributed by atoms with van der Waals surface area (Å²) in [7, 11) is 0. The van der Waals surface area contributed by atoms with Crippen LogP contribution in [0, 0.1) is 17.0 Å². The van der Waals surface area contributed by atoms with Gasteiger partial charge in [0.15, 0.2) is 0 Å². The second kappa shape index (κ2) is 5.92. The Labute approximate surface area is 128 Å². The number of carbonyl (C=O) groups excluding carboxylic acids is 1. The summed E-state index contributed by atoms with van der Waals surface area (Å²) < 4.78 is 0.439. The number of nitro groups is 1. The molecular weight excluding hydrogens is 340 g/mol. The lowest BCUT2D eigenvalue weighted by molar-refractivity contribution is -0.384. The summed E-state index contributed by atoms with van der Waals surface area (Å²) in [5, 5.41) is 23.0. The molecular formula is C14H11BrN2O4. The fourth-order valence-corrected chi connectivity index (χ4v) is 2.18. The van der Waals surface area contributed by atoms with Crippen molar-refractivity contribution >= 4 is 33.2 Å². The standard InChI is InChI=1S/C14H11BrN2O4/c1-8-2-3-11(7-13(8)18)16-14(19)9-4-10(15)6-12(5-9)17(20)21/h2-7,18H,1H3,(H,16,19). The van der Waals surface area contributed by atoms with Crippen LogP contribution in [-0.4, -0.2) is 15.9 Å². The van der Waals surface area contributed by atoms with Gasteiger partial charge in [0.1, 0.15) is 5.75 Å². The van der Waals surface area contributed by atoms with Crippen molar-refractivity contribution in [1.82, 2.24) is 0 Å². The van der Waals surface area contributed by atoms with Crippen LogP contribution in [0.15, 0.2) is 40.9 Å². The molecule has 0 saturated carbocycles. The normalized spacial score (nSPS) is 10.2. The molecule has 21 heavy (non-hydrogen) atoms. The van der Waals surface area contributed by atoms with Crippen LogP contribution in [0.1, 0.15) is 15.9 Å². The Kier molecular flexibility index (Phi) is 4.23. The molecule has 0 saturated heterocycles. The molecule has 0 bridgehead atoms. The summed E-state index contributed by atoms with van der Waals surface area (Å²) in [4.78, 5) is 22.3. The Morgan fingerprint density at radius 3 is 2.62 bits per heavy atom. The van der Waals surface area contributed by atoms with E-state index in [4.69, 9.17) is 0 Å². The van der Waals surface area contributed by atoms with Crippen molar-refractivity contribution in [2.75, 3.05) is 5.32 Å². The smallest absolute Gasteiger partial charge is 0.271 e. The molecule has 1 amide bonds. The van der Waals surface area contributed by atoms with Gasteiger partial charge in [-0.25, -0.2) is 0 Å². The first kappa shape index (κ1) is 15.0. The molecule has 2 aromatic rings. The van der Waals surface area contributed by atoms with E-state index < -0.39 is 10.8 Å². The van der Waals surface area contributed by atoms with Crippen molar-refractivity contribution in [2.45, 2.75) is 6.92 Å². The van der Waals surface area contributed by atoms with Crippen molar-refractivity contribution in [3.05, 3.63) is 62.1 Å². The molecule has 0 heterocycles. The van der Waals surface area contributed by atoms with E-state index in [0.29, 0.717) is 15.7 Å². The van der Waals surface area contributed by atoms with E-state index in [2.05, 4.69) is 21.2 Å². The van der Waals surface area contributed by atoms with E-state index in [1.807, 2.05) is 0 Å². The highest BCUT2D eigenvalue weighted by molar-refractivity contribution is 9.10. The van der Waals surface area contributed by atoms with Gasteiger partial charge in [-0.1, -0.05) is 22.0 Å². The number of halogens is 1. The van der Waals surface area contributed by atoms with E-state index in [9.17, 15) is 20.0 Å². The topological polar surface area (TPSA) is 92.5 Å². The first-order valence-electron chi connectivity index (χ1n) is 5.93. The lowest BCUT2D eigenvalue weighted by atomic mass is 10.1. The highest BCUT2D eigenvalue weighted by Crippen LogP contribution is 2.24. The van der Waals surface area contributed by atoms with Crippen LogP contribution < -0.4 is 5.32 Å². The van der Waals surface area contributed by atoms with Gasteiger partial charge >= 0.3 is 0 Å². The summed E-state index contributed by atoms with van der Waals surface area (Å²) in [6, 6.07) is 8.70. The molecule has 0 aliphatic heterocycles. The van der Waals surface area contributed by atoms with Gasteiger partial charge < -0.3 is 10.4 Å². The largest absolute Gasteiger partial charge is 0.508 e. The van der Waals surface area contributed by atoms with Crippen molar-refractivity contribution in [3.63, 3.8) is 0 Å². The Balaban J connectivity index is 2.27. The quantitative estimate of drug-likeness (QED) is 0.652. The molecule has 2 aromatic carbocycles. The second-order valence-corrected chi connectivity index (χ2v) is 5.33. The SMILES string of the molecule is Cc1ccc(NC(=O)c2cc(Br)cc([N+](=O)[O-])c2)cc1O. The molecule has 2 N–H and O–H groups in total. The number of nitro benzene ring substituents is 1. The molecule has 0 atom stereocenters. The first-order chi connectivity index (χ1) is 9.86. The minimum Gasteiger partial charge on any atom is -0.508 e. The van der Waals surface area contributed by atoms with Crippen molar-refractivity contribution in [1.29, 1.82) is 0 Å². The molecule has 108 valence electrons. The Hall–Kier alpha value is -2.41. The lowest BCUT2D eigenvalue weighted by Gasteiger charge is -2.07. The third-order valence-corrected chi connectivity index (χ3v) is 3.28. The summed E-state index contributed by atoms with van der Waals surface area (Å²) in [5.41, 5.74) is 1.06. The van der Waals surface area contributed by atoms with Crippen molar-refractivity contribution < 1.29 is 14.8 Å². The fraction of sp³-hybridized carbons (Fsp3) is 0.0714. The zero-order valence-electron chi connectivity index (χ0n) is 11.0. The van der Waals surface area contributed by atoms with Crippen LogP contribution in [0.5, 0.6) is 5.75 Å². The third-order valence-electron chi connectivity index (χ3n) is 2.82. The molecule has 0 fully saturated rings. The maximum Gasteiger partial charge on any atom is 0.271 e. The van der Waals surface area contributed by atoms with E-state index >= 15 is 0 Å². The number of hydrogen-bond donors (Lipinski definition) is 2. The van der Waals surface area contributed by atoms with E-state index in [0.717, 1.165) is 0 Å². The van der Waals surface area contributed by atoms with Crippen molar-refractivity contribution in [2.24, 2.45) is 0 Å². The highest BCUT2D eigenvalue weighted by atomic mass is 79.9. The number of phenolic OH excluding ortho intramolecular Hbond substituents is 1. The number of phenols is 1. The minimum atomic E-state index is -0.570. The maximum absolute atomic E-state index is 12.1. The number of nitrogens with zero attached hydrogens (tertiary/aromatic N) is 1. The summed E-state index contributed by atoms with van der Waals surface area (Å²) in [6.45, 7) is 1.73. The number of rotatable bonds is 3. The average Bonchev–Trinajstić information content (AvgIpc) is 2.42.